The van der Waals surface area contributed by atoms with Crippen LogP contribution in [0, 0.1) is 6.92 Å². The van der Waals surface area contributed by atoms with E-state index in [1.54, 1.807) is 0 Å². The largest absolute Gasteiger partial charge is 0.0622 e. The van der Waals surface area contributed by atoms with Crippen LogP contribution < -0.4 is 0 Å². The van der Waals surface area contributed by atoms with Crippen molar-refractivity contribution in [3.05, 3.63) is 83.4 Å². The third-order valence-electron chi connectivity index (χ3n) is 3.43. The summed E-state index contributed by atoms with van der Waals surface area (Å²) in [6.07, 6.45) is 4.36. The SMILES string of the molecule is Cc1ccc(/C=C\c2ccccc2)c2ccccc12. The Labute approximate surface area is 114 Å². The Hall–Kier alpha value is -2.34. The van der Waals surface area contributed by atoms with E-state index in [-0.39, 0.29) is 0 Å². The van der Waals surface area contributed by atoms with Crippen LogP contribution in [0.1, 0.15) is 16.7 Å². The molecule has 0 aliphatic heterocycles. The van der Waals surface area contributed by atoms with Gasteiger partial charge in [-0.25, -0.2) is 0 Å². The number of benzene rings is 3. The standard InChI is InChI=1S/C19H16/c1-15-11-13-17(19-10-6-5-9-18(15)19)14-12-16-7-3-2-4-8-16/h2-14H,1H3/b14-12-. The Morgan fingerprint density at radius 3 is 2.11 bits per heavy atom. The smallest absolute Gasteiger partial charge is 0.0109 e. The highest BCUT2D eigenvalue weighted by atomic mass is 14.0. The van der Waals surface area contributed by atoms with Crippen molar-refractivity contribution in [3.63, 3.8) is 0 Å². The minimum atomic E-state index is 1.23. The Morgan fingerprint density at radius 1 is 0.632 bits per heavy atom. The molecule has 92 valence electrons. The Kier molecular flexibility index (Phi) is 3.16. The third-order valence-corrected chi connectivity index (χ3v) is 3.43. The van der Waals surface area contributed by atoms with Gasteiger partial charge in [-0.15, -0.1) is 0 Å². The van der Waals surface area contributed by atoms with Crippen LogP contribution in [-0.2, 0) is 0 Å². The zero-order chi connectivity index (χ0) is 13.1. The van der Waals surface area contributed by atoms with E-state index in [0.717, 1.165) is 0 Å². The zero-order valence-corrected chi connectivity index (χ0v) is 11.0. The second-order valence-electron chi connectivity index (χ2n) is 4.76. The minimum absolute atomic E-state index is 1.23. The van der Waals surface area contributed by atoms with Crippen molar-refractivity contribution in [1.29, 1.82) is 0 Å². The van der Waals surface area contributed by atoms with Crippen molar-refractivity contribution in [2.24, 2.45) is 0 Å². The summed E-state index contributed by atoms with van der Waals surface area (Å²) in [7, 11) is 0. The Balaban J connectivity index is 2.07. The highest BCUT2D eigenvalue weighted by molar-refractivity contribution is 5.94. The molecule has 0 radical (unpaired) electrons. The lowest BCUT2D eigenvalue weighted by Gasteiger charge is -2.05. The second kappa shape index (κ2) is 5.11. The van der Waals surface area contributed by atoms with Crippen molar-refractivity contribution >= 4 is 22.9 Å². The summed E-state index contributed by atoms with van der Waals surface area (Å²) >= 11 is 0. The molecule has 0 fully saturated rings. The van der Waals surface area contributed by atoms with E-state index < -0.39 is 0 Å². The van der Waals surface area contributed by atoms with Gasteiger partial charge >= 0.3 is 0 Å². The van der Waals surface area contributed by atoms with Crippen molar-refractivity contribution in [2.75, 3.05) is 0 Å². The maximum absolute atomic E-state index is 2.19. The predicted octanol–water partition coefficient (Wildman–Crippen LogP) is 5.32. The van der Waals surface area contributed by atoms with E-state index in [9.17, 15) is 0 Å². The first-order valence-corrected chi connectivity index (χ1v) is 6.56. The molecule has 0 heteroatoms. The lowest BCUT2D eigenvalue weighted by Crippen LogP contribution is -1.82. The van der Waals surface area contributed by atoms with Crippen LogP contribution in [0.5, 0.6) is 0 Å². The molecule has 0 saturated heterocycles. The number of hydrogen-bond donors (Lipinski definition) is 0. The zero-order valence-electron chi connectivity index (χ0n) is 11.0. The first-order chi connectivity index (χ1) is 9.34. The quantitative estimate of drug-likeness (QED) is 0.535. The molecule has 0 nitrogen and oxygen atoms in total. The molecule has 3 aromatic rings. The van der Waals surface area contributed by atoms with Crippen molar-refractivity contribution < 1.29 is 0 Å². The summed E-state index contributed by atoms with van der Waals surface area (Å²) in [4.78, 5) is 0. The van der Waals surface area contributed by atoms with Gasteiger partial charge in [-0.05, 0) is 34.4 Å². The monoisotopic (exact) mass is 244 g/mol. The molecular formula is C19H16. The Bertz CT molecular complexity index is 721. The molecule has 0 spiro atoms. The molecule has 19 heavy (non-hydrogen) atoms. The van der Waals surface area contributed by atoms with E-state index in [1.807, 2.05) is 6.07 Å². The van der Waals surface area contributed by atoms with Gasteiger partial charge in [0.1, 0.15) is 0 Å². The van der Waals surface area contributed by atoms with Crippen LogP contribution in [-0.4, -0.2) is 0 Å². The molecule has 0 atom stereocenters. The fraction of sp³-hybridized carbons (Fsp3) is 0.0526. The second-order valence-corrected chi connectivity index (χ2v) is 4.76. The number of fused-ring (bicyclic) bond motifs is 1. The summed E-state index contributed by atoms with van der Waals surface area (Å²) in [6, 6.07) is 23.3. The van der Waals surface area contributed by atoms with E-state index >= 15 is 0 Å². The van der Waals surface area contributed by atoms with Crippen molar-refractivity contribution in [1.82, 2.24) is 0 Å². The van der Waals surface area contributed by atoms with Gasteiger partial charge in [-0.1, -0.05) is 78.9 Å². The minimum Gasteiger partial charge on any atom is -0.0622 e. The fourth-order valence-electron chi connectivity index (χ4n) is 2.37. The van der Waals surface area contributed by atoms with Crippen LogP contribution in [0.25, 0.3) is 22.9 Å². The predicted molar refractivity (Wildman–Crippen MR) is 84.1 cm³/mol. The van der Waals surface area contributed by atoms with Gasteiger partial charge in [-0.2, -0.15) is 0 Å². The number of hydrogen-bond acceptors (Lipinski definition) is 0. The summed E-state index contributed by atoms with van der Waals surface area (Å²) in [5.41, 5.74) is 3.82. The maximum atomic E-state index is 2.19. The summed E-state index contributed by atoms with van der Waals surface area (Å²) < 4.78 is 0. The molecular weight excluding hydrogens is 228 g/mol. The van der Waals surface area contributed by atoms with Crippen LogP contribution in [0.3, 0.4) is 0 Å². The fourth-order valence-corrected chi connectivity index (χ4v) is 2.37. The van der Waals surface area contributed by atoms with Crippen molar-refractivity contribution in [2.45, 2.75) is 6.92 Å². The van der Waals surface area contributed by atoms with Gasteiger partial charge in [0.05, 0.1) is 0 Å². The van der Waals surface area contributed by atoms with E-state index in [4.69, 9.17) is 0 Å². The average molecular weight is 244 g/mol. The summed E-state index contributed by atoms with van der Waals surface area (Å²) in [6.45, 7) is 2.16. The van der Waals surface area contributed by atoms with Gasteiger partial charge in [0, 0.05) is 0 Å². The van der Waals surface area contributed by atoms with E-state index in [1.165, 1.54) is 27.5 Å². The molecule has 0 aliphatic carbocycles. The first kappa shape index (κ1) is 11.7. The molecule has 0 aliphatic rings. The Morgan fingerprint density at radius 2 is 1.32 bits per heavy atom. The molecule has 0 heterocycles. The molecule has 3 aromatic carbocycles. The van der Waals surface area contributed by atoms with Crippen LogP contribution in [0.2, 0.25) is 0 Å². The molecule has 0 amide bonds. The van der Waals surface area contributed by atoms with Crippen LogP contribution >= 0.6 is 0 Å². The lowest BCUT2D eigenvalue weighted by molar-refractivity contribution is 1.52. The maximum Gasteiger partial charge on any atom is -0.0109 e. The van der Waals surface area contributed by atoms with Gasteiger partial charge in [-0.3, -0.25) is 0 Å². The van der Waals surface area contributed by atoms with Crippen molar-refractivity contribution in [3.8, 4) is 0 Å². The highest BCUT2D eigenvalue weighted by Crippen LogP contribution is 2.23. The van der Waals surface area contributed by atoms with Gasteiger partial charge in [0.25, 0.3) is 0 Å². The van der Waals surface area contributed by atoms with Crippen LogP contribution in [0.15, 0.2) is 66.7 Å². The number of aryl methyl sites for hydroxylation is 1. The first-order valence-electron chi connectivity index (χ1n) is 6.56. The average Bonchev–Trinajstić information content (AvgIpc) is 2.48. The van der Waals surface area contributed by atoms with Gasteiger partial charge in [0.15, 0.2) is 0 Å². The molecule has 3 rings (SSSR count). The van der Waals surface area contributed by atoms with Gasteiger partial charge < -0.3 is 0 Å². The summed E-state index contributed by atoms with van der Waals surface area (Å²) in [5, 5.41) is 2.65. The van der Waals surface area contributed by atoms with E-state index in [0.29, 0.717) is 0 Å². The van der Waals surface area contributed by atoms with E-state index in [2.05, 4.69) is 79.7 Å². The molecule has 0 saturated carbocycles. The third kappa shape index (κ3) is 2.43. The molecule has 0 bridgehead atoms. The molecule has 0 N–H and O–H groups in total. The molecule has 0 aromatic heterocycles. The lowest BCUT2D eigenvalue weighted by atomic mass is 9.99. The normalized spacial score (nSPS) is 11.2. The molecule has 0 unspecified atom stereocenters. The number of rotatable bonds is 2. The highest BCUT2D eigenvalue weighted by Gasteiger charge is 1.99. The van der Waals surface area contributed by atoms with Gasteiger partial charge in [0.2, 0.25) is 0 Å². The topological polar surface area (TPSA) is 0 Å². The van der Waals surface area contributed by atoms with Crippen LogP contribution in [0.4, 0.5) is 0 Å². The summed E-state index contributed by atoms with van der Waals surface area (Å²) in [5.74, 6) is 0.